The van der Waals surface area contributed by atoms with Gasteiger partial charge >= 0.3 is 6.15 Å². The Morgan fingerprint density at radius 2 is 0.984 bits per heavy atom. The highest BCUT2D eigenvalue weighted by atomic mass is 79.9. The largest absolute Gasteiger partial charge is 0.386 e. The molecule has 0 saturated heterocycles. The van der Waals surface area contributed by atoms with E-state index in [-0.39, 0.29) is 19.6 Å². The van der Waals surface area contributed by atoms with Crippen molar-refractivity contribution in [2.75, 3.05) is 9.80 Å². The first-order valence-corrected chi connectivity index (χ1v) is 21.1. The van der Waals surface area contributed by atoms with Crippen LogP contribution in [-0.4, -0.2) is 11.3 Å². The number of rotatable bonds is 5. The number of aliphatic hydroxyl groups is 1. The molecule has 8 aromatic carbocycles. The van der Waals surface area contributed by atoms with Gasteiger partial charge in [0.2, 0.25) is 0 Å². The standard InChI is InChI=1S/C27H22BrNO.C25H18BrN.CO2.H2S/c1-27(2,30)24-17-21(28)11-12-23(24)20-15-19-8-6-7-18-13-14-29(25(16-20)26(18)19)22-9-4-3-5-10-22;1-17-14-21(26)10-11-23(17)20-15-19-7-5-6-18-12-13-27(24(16-20)25(18)19)22-8-3-2-4-9-22;2-1-3;/h3-17,30H,1-2H3;2-16H,1H3;;1H2. The summed E-state index contributed by atoms with van der Waals surface area (Å²) >= 11 is 7.14. The number of para-hydroxylation sites is 2. The maximum absolute atomic E-state index is 10.8. The zero-order chi connectivity index (χ0) is 42.0. The lowest BCUT2D eigenvalue weighted by Crippen LogP contribution is -2.17. The molecule has 0 aliphatic carbocycles. The third kappa shape index (κ3) is 8.92. The average Bonchev–Trinajstić information content (AvgIpc) is 3.25. The minimum Gasteiger partial charge on any atom is -0.386 e. The second-order valence-electron chi connectivity index (χ2n) is 15.2. The number of halogens is 2. The predicted molar refractivity (Wildman–Crippen MR) is 265 cm³/mol. The Bertz CT molecular complexity index is 2990. The Morgan fingerprint density at radius 1 is 0.541 bits per heavy atom. The summed E-state index contributed by atoms with van der Waals surface area (Å²) in [5, 5.41) is 15.9. The van der Waals surface area contributed by atoms with Crippen LogP contribution in [0.2, 0.25) is 0 Å². The van der Waals surface area contributed by atoms with Crippen LogP contribution in [0.25, 0.3) is 56.0 Å². The van der Waals surface area contributed by atoms with E-state index in [2.05, 4.69) is 213 Å². The zero-order valence-electron chi connectivity index (χ0n) is 33.7. The van der Waals surface area contributed by atoms with E-state index in [0.717, 1.165) is 37.0 Å². The van der Waals surface area contributed by atoms with Crippen molar-refractivity contribution in [1.82, 2.24) is 0 Å². The summed E-state index contributed by atoms with van der Waals surface area (Å²) < 4.78 is 2.07. The first kappa shape index (κ1) is 43.1. The Morgan fingerprint density at radius 3 is 1.44 bits per heavy atom. The molecule has 0 saturated carbocycles. The van der Waals surface area contributed by atoms with Crippen LogP contribution in [0.3, 0.4) is 0 Å². The summed E-state index contributed by atoms with van der Waals surface area (Å²) in [5.41, 5.74) is 13.0. The Balaban J connectivity index is 0.000000171. The van der Waals surface area contributed by atoms with Gasteiger partial charge in [-0.3, -0.25) is 0 Å². The van der Waals surface area contributed by atoms with Gasteiger partial charge in [-0.25, -0.2) is 0 Å². The normalized spacial score (nSPS) is 12.2. The van der Waals surface area contributed by atoms with Gasteiger partial charge in [0.25, 0.3) is 0 Å². The van der Waals surface area contributed by atoms with Crippen LogP contribution in [0.4, 0.5) is 22.7 Å². The van der Waals surface area contributed by atoms with Crippen LogP contribution in [0, 0.1) is 6.92 Å². The molecule has 0 bridgehead atoms. The summed E-state index contributed by atoms with van der Waals surface area (Å²) in [4.78, 5) is 20.8. The molecule has 8 heteroatoms. The van der Waals surface area contributed by atoms with Gasteiger partial charge in [0.05, 0.1) is 17.0 Å². The fourth-order valence-corrected chi connectivity index (χ4v) is 9.00. The van der Waals surface area contributed by atoms with E-state index >= 15 is 0 Å². The summed E-state index contributed by atoms with van der Waals surface area (Å²) in [6.07, 6.45) is 8.93. The molecule has 2 aliphatic heterocycles. The van der Waals surface area contributed by atoms with Gasteiger partial charge in [0.15, 0.2) is 0 Å². The monoisotopic (exact) mass is 944 g/mol. The first-order valence-electron chi connectivity index (χ1n) is 19.5. The van der Waals surface area contributed by atoms with Crippen molar-refractivity contribution < 1.29 is 14.7 Å². The van der Waals surface area contributed by atoms with Gasteiger partial charge in [0.1, 0.15) is 0 Å². The van der Waals surface area contributed by atoms with Gasteiger partial charge in [-0.2, -0.15) is 23.1 Å². The molecule has 61 heavy (non-hydrogen) atoms. The molecule has 8 aromatic rings. The Labute approximate surface area is 380 Å². The zero-order valence-corrected chi connectivity index (χ0v) is 37.9. The van der Waals surface area contributed by atoms with E-state index in [1.54, 1.807) is 0 Å². The topological polar surface area (TPSA) is 60.9 Å². The third-order valence-electron chi connectivity index (χ3n) is 10.8. The predicted octanol–water partition coefficient (Wildman–Crippen LogP) is 14.8. The average molecular weight is 947 g/mol. The number of hydrogen-bond donors (Lipinski definition) is 1. The molecule has 5 nitrogen and oxygen atoms in total. The molecule has 1 N–H and O–H groups in total. The Hall–Kier alpha value is -5.99. The minimum atomic E-state index is -0.952. The molecular formula is C53H42Br2N2O3S. The lowest BCUT2D eigenvalue weighted by molar-refractivity contribution is -0.191. The maximum atomic E-state index is 10.8. The third-order valence-corrected chi connectivity index (χ3v) is 11.8. The van der Waals surface area contributed by atoms with Crippen LogP contribution in [0.1, 0.15) is 36.1 Å². The SMILES string of the molecule is CC(C)(O)c1cc(Br)ccc1-c1cc2c3c(cccc3c1)C=CN2c1ccccc1.Cc1cc(Br)ccc1-c1cc2c3c(cccc3c1)C=CN2c1ccccc1.O=C=O.S. The lowest BCUT2D eigenvalue weighted by Gasteiger charge is -2.28. The van der Waals surface area contributed by atoms with Gasteiger partial charge in [-0.1, -0.05) is 117 Å². The van der Waals surface area contributed by atoms with Gasteiger partial charge in [-0.05, 0) is 161 Å². The second-order valence-corrected chi connectivity index (χ2v) is 17.0. The van der Waals surface area contributed by atoms with Crippen molar-refractivity contribution in [2.24, 2.45) is 0 Å². The summed E-state index contributed by atoms with van der Waals surface area (Å²) in [6, 6.07) is 55.6. The van der Waals surface area contributed by atoms with E-state index in [4.69, 9.17) is 9.59 Å². The first-order chi connectivity index (χ1) is 29.0. The van der Waals surface area contributed by atoms with E-state index in [9.17, 15) is 5.11 Å². The van der Waals surface area contributed by atoms with Crippen LogP contribution >= 0.6 is 45.4 Å². The highest BCUT2D eigenvalue weighted by Gasteiger charge is 2.24. The molecule has 0 amide bonds. The smallest absolute Gasteiger partial charge is 0.373 e. The summed E-state index contributed by atoms with van der Waals surface area (Å²) in [7, 11) is 0. The number of hydrogen-bond acceptors (Lipinski definition) is 5. The molecule has 0 fully saturated rings. The van der Waals surface area contributed by atoms with E-state index in [1.165, 1.54) is 60.7 Å². The summed E-state index contributed by atoms with van der Waals surface area (Å²) in [6.45, 7) is 5.84. The van der Waals surface area contributed by atoms with Crippen LogP contribution < -0.4 is 9.80 Å². The summed E-state index contributed by atoms with van der Waals surface area (Å²) in [5.74, 6) is 0. The minimum absolute atomic E-state index is 0. The second kappa shape index (κ2) is 18.3. The van der Waals surface area contributed by atoms with Gasteiger partial charge in [0, 0.05) is 43.5 Å². The van der Waals surface area contributed by atoms with Crippen molar-refractivity contribution in [3.8, 4) is 22.3 Å². The number of benzene rings is 8. The van der Waals surface area contributed by atoms with Crippen LogP contribution in [0.5, 0.6) is 0 Å². The fourth-order valence-electron chi connectivity index (χ4n) is 8.16. The van der Waals surface area contributed by atoms with Crippen LogP contribution in [-0.2, 0) is 15.2 Å². The Kier molecular flexibility index (Phi) is 12.9. The van der Waals surface area contributed by atoms with Crippen molar-refractivity contribution in [3.63, 3.8) is 0 Å². The number of aryl methyl sites for hydroxylation is 1. The molecule has 2 aliphatic rings. The fraction of sp³-hybridized carbons (Fsp3) is 0.0755. The lowest BCUT2D eigenvalue weighted by atomic mass is 9.87. The molecule has 2 heterocycles. The highest BCUT2D eigenvalue weighted by Crippen LogP contribution is 2.45. The van der Waals surface area contributed by atoms with E-state index in [0.29, 0.717) is 0 Å². The number of anilines is 4. The van der Waals surface area contributed by atoms with E-state index in [1.807, 2.05) is 32.0 Å². The van der Waals surface area contributed by atoms with Crippen molar-refractivity contribution in [3.05, 3.63) is 201 Å². The molecule has 0 radical (unpaired) electrons. The molecule has 0 unspecified atom stereocenters. The van der Waals surface area contributed by atoms with Gasteiger partial charge < -0.3 is 14.9 Å². The van der Waals surface area contributed by atoms with Crippen molar-refractivity contribution in [2.45, 2.75) is 26.4 Å². The highest BCUT2D eigenvalue weighted by molar-refractivity contribution is 9.10. The van der Waals surface area contributed by atoms with E-state index < -0.39 is 5.60 Å². The molecule has 302 valence electrons. The molecule has 10 rings (SSSR count). The van der Waals surface area contributed by atoms with Gasteiger partial charge in [-0.15, -0.1) is 0 Å². The van der Waals surface area contributed by atoms with Crippen molar-refractivity contribution in [1.29, 1.82) is 0 Å². The van der Waals surface area contributed by atoms with Crippen molar-refractivity contribution >= 4 is 108 Å². The quantitative estimate of drug-likeness (QED) is 0.186. The van der Waals surface area contributed by atoms with Crippen LogP contribution in [0.15, 0.2) is 179 Å². The number of nitrogens with zero attached hydrogens (tertiary/aromatic N) is 2. The molecule has 0 aromatic heterocycles. The maximum Gasteiger partial charge on any atom is 0.373 e. The molecule has 0 atom stereocenters. The number of carbonyl (C=O) groups excluding carboxylic acids is 2. The molecular weight excluding hydrogens is 904 g/mol. The molecule has 0 spiro atoms.